The highest BCUT2D eigenvalue weighted by atomic mass is 127. The molecule has 0 aromatic heterocycles. The summed E-state index contributed by atoms with van der Waals surface area (Å²) in [5.74, 6) is 0.877. The summed E-state index contributed by atoms with van der Waals surface area (Å²) in [5.41, 5.74) is 1.25. The van der Waals surface area contributed by atoms with E-state index in [2.05, 4.69) is 60.0 Å². The van der Waals surface area contributed by atoms with E-state index >= 15 is 0 Å². The van der Waals surface area contributed by atoms with Crippen LogP contribution in [-0.4, -0.2) is 32.3 Å². The lowest BCUT2D eigenvalue weighted by Crippen LogP contribution is -2.37. The van der Waals surface area contributed by atoms with Crippen LogP contribution in [-0.2, 0) is 11.3 Å². The lowest BCUT2D eigenvalue weighted by atomic mass is 10.1. The fourth-order valence-electron chi connectivity index (χ4n) is 2.62. The zero-order valence-electron chi connectivity index (χ0n) is 15.3. The van der Waals surface area contributed by atoms with Crippen LogP contribution in [0.2, 0.25) is 0 Å². The predicted molar refractivity (Wildman–Crippen MR) is 118 cm³/mol. The molecule has 2 rings (SSSR count). The van der Waals surface area contributed by atoms with Crippen molar-refractivity contribution in [1.29, 1.82) is 0 Å². The van der Waals surface area contributed by atoms with Crippen molar-refractivity contribution in [3.05, 3.63) is 48.0 Å². The molecule has 0 radical (unpaired) electrons. The molecule has 2 N–H and O–H groups in total. The molecule has 0 unspecified atom stereocenters. The summed E-state index contributed by atoms with van der Waals surface area (Å²) in [6.45, 7) is 8.19. The number of halogens is 1. The molecule has 0 saturated heterocycles. The number of nitrogens with one attached hydrogen (secondary N) is 2. The van der Waals surface area contributed by atoms with Gasteiger partial charge in [0.05, 0.1) is 6.54 Å². The number of aliphatic imine (C=N–C) groups is 1. The number of rotatable bonds is 9. The first kappa shape index (κ1) is 21.7. The molecule has 0 fully saturated rings. The number of unbranched alkanes of at least 4 members (excludes halogenated alkanes) is 1. The molecule has 0 amide bonds. The van der Waals surface area contributed by atoms with Gasteiger partial charge in [0, 0.05) is 26.3 Å². The zero-order valence-corrected chi connectivity index (χ0v) is 17.6. The predicted octanol–water partition coefficient (Wildman–Crippen LogP) is 4.33. The van der Waals surface area contributed by atoms with Crippen molar-refractivity contribution in [3.8, 4) is 0 Å². The minimum absolute atomic E-state index is 0. The maximum atomic E-state index is 5.36. The molecule has 0 spiro atoms. The maximum absolute atomic E-state index is 5.36. The van der Waals surface area contributed by atoms with E-state index in [4.69, 9.17) is 9.73 Å². The van der Waals surface area contributed by atoms with Gasteiger partial charge in [-0.3, -0.25) is 0 Å². The van der Waals surface area contributed by atoms with Crippen LogP contribution in [0.5, 0.6) is 0 Å². The van der Waals surface area contributed by atoms with Crippen LogP contribution in [0.15, 0.2) is 47.5 Å². The first-order valence-corrected chi connectivity index (χ1v) is 8.91. The van der Waals surface area contributed by atoms with Crippen molar-refractivity contribution in [2.45, 2.75) is 33.2 Å². The first-order chi connectivity index (χ1) is 11.8. The van der Waals surface area contributed by atoms with E-state index in [9.17, 15) is 0 Å². The van der Waals surface area contributed by atoms with Crippen molar-refractivity contribution in [1.82, 2.24) is 10.6 Å². The average molecular weight is 455 g/mol. The van der Waals surface area contributed by atoms with Crippen molar-refractivity contribution < 1.29 is 4.74 Å². The van der Waals surface area contributed by atoms with Crippen LogP contribution in [0.25, 0.3) is 10.8 Å². The van der Waals surface area contributed by atoms with Crippen LogP contribution in [0.1, 0.15) is 32.3 Å². The number of hydrogen-bond acceptors (Lipinski definition) is 2. The van der Waals surface area contributed by atoms with E-state index in [1.54, 1.807) is 0 Å². The quantitative estimate of drug-likeness (QED) is 0.256. The van der Waals surface area contributed by atoms with Gasteiger partial charge < -0.3 is 15.4 Å². The molecular formula is C20H30IN3O. The monoisotopic (exact) mass is 455 g/mol. The van der Waals surface area contributed by atoms with Crippen molar-refractivity contribution in [3.63, 3.8) is 0 Å². The van der Waals surface area contributed by atoms with E-state index in [-0.39, 0.29) is 24.0 Å². The minimum atomic E-state index is 0. The van der Waals surface area contributed by atoms with Gasteiger partial charge >= 0.3 is 0 Å². The summed E-state index contributed by atoms with van der Waals surface area (Å²) in [4.78, 5) is 4.73. The molecule has 25 heavy (non-hydrogen) atoms. The highest BCUT2D eigenvalue weighted by Gasteiger charge is 2.01. The van der Waals surface area contributed by atoms with Crippen LogP contribution < -0.4 is 10.6 Å². The van der Waals surface area contributed by atoms with Crippen molar-refractivity contribution in [2.75, 3.05) is 26.3 Å². The molecule has 0 heterocycles. The van der Waals surface area contributed by atoms with Gasteiger partial charge in [0.25, 0.3) is 0 Å². The van der Waals surface area contributed by atoms with Gasteiger partial charge in [0.2, 0.25) is 0 Å². The Bertz CT molecular complexity index is 640. The SMILES string of the molecule is CCNC(=NCc1cccc2ccccc12)NCCCCOCC.I. The van der Waals surface area contributed by atoms with E-state index in [0.29, 0.717) is 6.54 Å². The van der Waals surface area contributed by atoms with Crippen LogP contribution in [0, 0.1) is 0 Å². The van der Waals surface area contributed by atoms with Crippen molar-refractivity contribution >= 4 is 40.7 Å². The normalized spacial score (nSPS) is 11.2. The molecule has 0 aliphatic heterocycles. The molecule has 2 aromatic rings. The number of ether oxygens (including phenoxy) is 1. The number of guanidine groups is 1. The molecule has 2 aromatic carbocycles. The van der Waals surface area contributed by atoms with Crippen LogP contribution >= 0.6 is 24.0 Å². The van der Waals surface area contributed by atoms with E-state index < -0.39 is 0 Å². The fourth-order valence-corrected chi connectivity index (χ4v) is 2.62. The molecule has 0 aliphatic carbocycles. The Morgan fingerprint density at radius 3 is 2.60 bits per heavy atom. The molecule has 0 atom stereocenters. The third kappa shape index (κ3) is 7.61. The second kappa shape index (κ2) is 12.9. The first-order valence-electron chi connectivity index (χ1n) is 8.91. The Hall–Kier alpha value is -1.34. The van der Waals surface area contributed by atoms with Gasteiger partial charge in [0.15, 0.2) is 5.96 Å². The lowest BCUT2D eigenvalue weighted by molar-refractivity contribution is 0.143. The Morgan fingerprint density at radius 2 is 1.80 bits per heavy atom. The van der Waals surface area contributed by atoms with Gasteiger partial charge in [-0.2, -0.15) is 0 Å². The minimum Gasteiger partial charge on any atom is -0.382 e. The molecule has 4 nitrogen and oxygen atoms in total. The number of hydrogen-bond donors (Lipinski definition) is 2. The van der Waals surface area contributed by atoms with Gasteiger partial charge in [0.1, 0.15) is 0 Å². The zero-order chi connectivity index (χ0) is 17.0. The van der Waals surface area contributed by atoms with Crippen LogP contribution in [0.4, 0.5) is 0 Å². The Balaban J connectivity index is 0.00000312. The standard InChI is InChI=1S/C20H29N3O.HI/c1-3-21-20(22-14-7-8-15-24-4-2)23-16-18-12-9-11-17-10-5-6-13-19(17)18;/h5-6,9-13H,3-4,7-8,14-16H2,1-2H3,(H2,21,22,23);1H. The van der Waals surface area contributed by atoms with Gasteiger partial charge in [-0.25, -0.2) is 4.99 Å². The number of benzene rings is 2. The van der Waals surface area contributed by atoms with E-state index in [0.717, 1.165) is 45.1 Å². The van der Waals surface area contributed by atoms with Crippen molar-refractivity contribution in [2.24, 2.45) is 4.99 Å². The third-order valence-electron chi connectivity index (χ3n) is 3.84. The molecule has 5 heteroatoms. The smallest absolute Gasteiger partial charge is 0.191 e. The molecule has 0 bridgehead atoms. The Kier molecular flexibility index (Phi) is 11.2. The Labute approximate surface area is 168 Å². The third-order valence-corrected chi connectivity index (χ3v) is 3.84. The van der Waals surface area contributed by atoms with Crippen LogP contribution in [0.3, 0.4) is 0 Å². The van der Waals surface area contributed by atoms with Gasteiger partial charge in [-0.15, -0.1) is 24.0 Å². The number of nitrogens with zero attached hydrogens (tertiary/aromatic N) is 1. The second-order valence-electron chi connectivity index (χ2n) is 5.66. The van der Waals surface area contributed by atoms with E-state index in [1.165, 1.54) is 16.3 Å². The summed E-state index contributed by atoms with van der Waals surface area (Å²) < 4.78 is 5.36. The van der Waals surface area contributed by atoms with E-state index in [1.807, 2.05) is 6.92 Å². The molecule has 0 aliphatic rings. The van der Waals surface area contributed by atoms with Gasteiger partial charge in [-0.05, 0) is 43.0 Å². The average Bonchev–Trinajstić information content (AvgIpc) is 2.62. The summed E-state index contributed by atoms with van der Waals surface area (Å²) in [7, 11) is 0. The highest BCUT2D eigenvalue weighted by molar-refractivity contribution is 14.0. The largest absolute Gasteiger partial charge is 0.382 e. The molecular weight excluding hydrogens is 425 g/mol. The summed E-state index contributed by atoms with van der Waals surface area (Å²) >= 11 is 0. The summed E-state index contributed by atoms with van der Waals surface area (Å²) in [6, 6.07) is 14.8. The highest BCUT2D eigenvalue weighted by Crippen LogP contribution is 2.18. The number of fused-ring (bicyclic) bond motifs is 1. The maximum Gasteiger partial charge on any atom is 0.191 e. The molecule has 138 valence electrons. The lowest BCUT2D eigenvalue weighted by Gasteiger charge is -2.12. The molecule has 0 saturated carbocycles. The topological polar surface area (TPSA) is 45.7 Å². The fraction of sp³-hybridized carbons (Fsp3) is 0.450. The van der Waals surface area contributed by atoms with Gasteiger partial charge in [-0.1, -0.05) is 42.5 Å². The summed E-state index contributed by atoms with van der Waals surface area (Å²) in [5, 5.41) is 9.25. The Morgan fingerprint density at radius 1 is 1.00 bits per heavy atom. The second-order valence-corrected chi connectivity index (χ2v) is 5.66. The summed E-state index contributed by atoms with van der Waals surface area (Å²) in [6.07, 6.45) is 2.16.